The van der Waals surface area contributed by atoms with Gasteiger partial charge in [0.1, 0.15) is 0 Å². The predicted octanol–water partition coefficient (Wildman–Crippen LogP) is 14.5. The van der Waals surface area contributed by atoms with E-state index in [1.54, 1.807) is 0 Å². The fraction of sp³-hybridized carbons (Fsp3) is 0.292. The molecule has 0 spiro atoms. The molecular formula is C48H62N2. The zero-order chi connectivity index (χ0) is 37.1. The summed E-state index contributed by atoms with van der Waals surface area (Å²) in [7, 11) is 0. The molecule has 2 aromatic rings. The molecule has 0 saturated carbocycles. The fourth-order valence-electron chi connectivity index (χ4n) is 6.04. The first-order valence-corrected chi connectivity index (χ1v) is 18.3. The molecule has 1 heterocycles. The Bertz CT molecular complexity index is 1720. The molecule has 2 aliphatic rings. The normalized spacial score (nSPS) is 16.7. The quantitative estimate of drug-likeness (QED) is 0.217. The van der Waals surface area contributed by atoms with Crippen LogP contribution in [0, 0.1) is 20.8 Å². The fourth-order valence-corrected chi connectivity index (χ4v) is 6.04. The van der Waals surface area contributed by atoms with Crippen molar-refractivity contribution in [2.24, 2.45) is 0 Å². The van der Waals surface area contributed by atoms with Crippen LogP contribution in [-0.2, 0) is 0 Å². The van der Waals surface area contributed by atoms with Crippen molar-refractivity contribution in [3.05, 3.63) is 179 Å². The number of aryl methyl sites for hydroxylation is 1. The van der Waals surface area contributed by atoms with Gasteiger partial charge in [-0.25, -0.2) is 0 Å². The third kappa shape index (κ3) is 11.1. The standard InChI is InChI=1S/C44H50N2.2C2H6/c1-9-11-24-43-37(7)38(8)44(25-12-10-2)46(43)42-27-19-21-39(31-29-35(42)5)32-33(3)28-30-36(6)45(40-22-15-13-14-16-23-40)41-26-18-17-20-34(41)4;2*1-2/h9-15,17-26,28,30-31H,1-2,16,27,29,32H2,3-8H3;2*1-2H3/b21-19-,24-11-,25-12-,33-28+,36-30+,39-31+,42-35?;;. The molecule has 0 saturated heterocycles. The van der Waals surface area contributed by atoms with E-state index in [-0.39, 0.29) is 0 Å². The van der Waals surface area contributed by atoms with E-state index < -0.39 is 0 Å². The highest BCUT2D eigenvalue weighted by atomic mass is 15.2. The van der Waals surface area contributed by atoms with E-state index in [1.165, 1.54) is 67.6 Å². The SMILES string of the molecule is C=C/C=C\c1c(C)c(C)c(/C=C\C=C)n1C1=C(C)C/C=C(C/C(C)=C/C=C(\C)N(C2=CCC=CC=C2)c2ccccc2C)\C=C/C1.CC.CC. The molecule has 50 heavy (non-hydrogen) atoms. The van der Waals surface area contributed by atoms with E-state index in [4.69, 9.17) is 0 Å². The van der Waals surface area contributed by atoms with Crippen LogP contribution in [0.3, 0.4) is 0 Å². The lowest BCUT2D eigenvalue weighted by atomic mass is 9.98. The van der Waals surface area contributed by atoms with Crippen molar-refractivity contribution in [2.75, 3.05) is 4.90 Å². The Hall–Kier alpha value is -4.82. The minimum absolute atomic E-state index is 0.866. The van der Waals surface area contributed by atoms with Crippen LogP contribution in [0.4, 0.5) is 5.69 Å². The van der Waals surface area contributed by atoms with Gasteiger partial charge in [-0.1, -0.05) is 138 Å². The number of aromatic nitrogens is 1. The molecule has 2 nitrogen and oxygen atoms in total. The van der Waals surface area contributed by atoms with Crippen molar-refractivity contribution in [1.82, 2.24) is 4.57 Å². The molecule has 264 valence electrons. The van der Waals surface area contributed by atoms with Gasteiger partial charge in [-0.3, -0.25) is 0 Å². The summed E-state index contributed by atoms with van der Waals surface area (Å²) in [6.45, 7) is 29.1. The Morgan fingerprint density at radius 3 is 2.04 bits per heavy atom. The summed E-state index contributed by atoms with van der Waals surface area (Å²) in [6.07, 6.45) is 38.2. The Kier molecular flexibility index (Phi) is 18.2. The van der Waals surface area contributed by atoms with Crippen molar-refractivity contribution >= 4 is 23.5 Å². The molecular weight excluding hydrogens is 605 g/mol. The molecule has 0 N–H and O–H groups in total. The third-order valence-electron chi connectivity index (χ3n) is 8.71. The maximum Gasteiger partial charge on any atom is 0.0491 e. The lowest BCUT2D eigenvalue weighted by Gasteiger charge is -2.28. The number of nitrogens with zero attached hydrogens (tertiary/aromatic N) is 2. The maximum atomic E-state index is 3.90. The van der Waals surface area contributed by atoms with E-state index in [0.29, 0.717) is 0 Å². The summed E-state index contributed by atoms with van der Waals surface area (Å²) >= 11 is 0. The monoisotopic (exact) mass is 666 g/mol. The van der Waals surface area contributed by atoms with Crippen LogP contribution in [-0.4, -0.2) is 4.57 Å². The van der Waals surface area contributed by atoms with Crippen LogP contribution in [0.15, 0.2) is 151 Å². The molecule has 0 amide bonds. The third-order valence-corrected chi connectivity index (χ3v) is 8.71. The summed E-state index contributed by atoms with van der Waals surface area (Å²) in [5.41, 5.74) is 15.2. The van der Waals surface area contributed by atoms with Crippen molar-refractivity contribution in [3.63, 3.8) is 0 Å². The molecule has 2 heteroatoms. The summed E-state index contributed by atoms with van der Waals surface area (Å²) in [6, 6.07) is 8.61. The molecule has 2 aliphatic carbocycles. The van der Waals surface area contributed by atoms with Crippen molar-refractivity contribution in [2.45, 2.75) is 94.9 Å². The highest BCUT2D eigenvalue weighted by Crippen LogP contribution is 2.34. The molecule has 1 aromatic carbocycles. The number of para-hydroxylation sites is 1. The smallest absolute Gasteiger partial charge is 0.0491 e. The summed E-state index contributed by atoms with van der Waals surface area (Å²) < 4.78 is 2.43. The number of benzene rings is 1. The van der Waals surface area contributed by atoms with Crippen LogP contribution in [0.25, 0.3) is 17.8 Å². The van der Waals surface area contributed by atoms with Gasteiger partial charge < -0.3 is 9.47 Å². The van der Waals surface area contributed by atoms with Gasteiger partial charge in [-0.05, 0) is 119 Å². The minimum atomic E-state index is 0.866. The van der Waals surface area contributed by atoms with Crippen LogP contribution >= 0.6 is 0 Å². The lowest BCUT2D eigenvalue weighted by molar-refractivity contribution is 0.974. The average molecular weight is 667 g/mol. The molecule has 4 rings (SSSR count). The molecule has 0 radical (unpaired) electrons. The molecule has 0 bridgehead atoms. The van der Waals surface area contributed by atoms with Gasteiger partial charge in [-0.2, -0.15) is 0 Å². The molecule has 0 atom stereocenters. The largest absolute Gasteiger partial charge is 0.315 e. The zero-order valence-electron chi connectivity index (χ0n) is 32.7. The van der Waals surface area contributed by atoms with Crippen LogP contribution in [0.1, 0.15) is 102 Å². The second kappa shape index (κ2) is 22.0. The van der Waals surface area contributed by atoms with Crippen LogP contribution in [0.2, 0.25) is 0 Å². The number of hydrogen-bond acceptors (Lipinski definition) is 1. The van der Waals surface area contributed by atoms with Gasteiger partial charge in [0, 0.05) is 40.6 Å². The predicted molar refractivity (Wildman–Crippen MR) is 227 cm³/mol. The van der Waals surface area contributed by atoms with Crippen LogP contribution in [0.5, 0.6) is 0 Å². The number of hydrogen-bond donors (Lipinski definition) is 0. The summed E-state index contributed by atoms with van der Waals surface area (Å²) in [4.78, 5) is 2.37. The van der Waals surface area contributed by atoms with Crippen molar-refractivity contribution in [1.29, 1.82) is 0 Å². The zero-order valence-corrected chi connectivity index (χ0v) is 32.7. The molecule has 0 unspecified atom stereocenters. The average Bonchev–Trinajstić information content (AvgIpc) is 3.28. The summed E-state index contributed by atoms with van der Waals surface area (Å²) in [5.74, 6) is 0. The Balaban J connectivity index is 0.00000209. The topological polar surface area (TPSA) is 8.17 Å². The van der Waals surface area contributed by atoms with Crippen molar-refractivity contribution < 1.29 is 0 Å². The number of anilines is 1. The summed E-state index contributed by atoms with van der Waals surface area (Å²) in [5, 5.41) is 0. The van der Waals surface area contributed by atoms with E-state index in [9.17, 15) is 0 Å². The molecule has 1 aromatic heterocycles. The number of rotatable bonds is 11. The Morgan fingerprint density at radius 2 is 1.42 bits per heavy atom. The number of allylic oxidation sites excluding steroid dienone is 19. The highest BCUT2D eigenvalue weighted by Gasteiger charge is 2.19. The minimum Gasteiger partial charge on any atom is -0.315 e. The first-order chi connectivity index (χ1) is 24.3. The van der Waals surface area contributed by atoms with Gasteiger partial charge in [0.05, 0.1) is 0 Å². The van der Waals surface area contributed by atoms with Gasteiger partial charge in [0.25, 0.3) is 0 Å². The van der Waals surface area contributed by atoms with Gasteiger partial charge in [0.15, 0.2) is 0 Å². The lowest BCUT2D eigenvalue weighted by Crippen LogP contribution is -2.20. The van der Waals surface area contributed by atoms with E-state index in [0.717, 1.165) is 25.7 Å². The van der Waals surface area contributed by atoms with E-state index in [1.807, 2.05) is 52.0 Å². The van der Waals surface area contributed by atoms with E-state index in [2.05, 4.69) is 161 Å². The highest BCUT2D eigenvalue weighted by molar-refractivity contribution is 5.72. The van der Waals surface area contributed by atoms with Gasteiger partial charge in [-0.15, -0.1) is 0 Å². The van der Waals surface area contributed by atoms with E-state index >= 15 is 0 Å². The second-order valence-electron chi connectivity index (χ2n) is 12.1. The first-order valence-electron chi connectivity index (χ1n) is 18.3. The first kappa shape index (κ1) is 41.4. The Morgan fingerprint density at radius 1 is 0.780 bits per heavy atom. The molecule has 0 fully saturated rings. The van der Waals surface area contributed by atoms with Gasteiger partial charge >= 0.3 is 0 Å². The second-order valence-corrected chi connectivity index (χ2v) is 12.1. The van der Waals surface area contributed by atoms with Crippen LogP contribution < -0.4 is 4.90 Å². The molecule has 0 aliphatic heterocycles. The maximum absolute atomic E-state index is 3.90. The van der Waals surface area contributed by atoms with Gasteiger partial charge in [0.2, 0.25) is 0 Å². The Labute approximate surface area is 305 Å². The van der Waals surface area contributed by atoms with Crippen molar-refractivity contribution in [3.8, 4) is 0 Å².